The first-order valence-electron chi connectivity index (χ1n) is 5.03. The Morgan fingerprint density at radius 2 is 1.60 bits per heavy atom. The summed E-state index contributed by atoms with van der Waals surface area (Å²) in [6, 6.07) is 10.3. The summed E-state index contributed by atoms with van der Waals surface area (Å²) >= 11 is 1.72. The zero-order valence-corrected chi connectivity index (χ0v) is 11.5. The van der Waals surface area contributed by atoms with E-state index in [1.54, 1.807) is 11.8 Å². The minimum atomic E-state index is -1.29. The quantitative estimate of drug-likeness (QED) is 0.412. The Labute approximate surface area is 98.1 Å². The molecule has 0 radical (unpaired) electrons. The number of hydrogen-bond acceptors (Lipinski definition) is 1. The molecule has 0 aliphatic rings. The molecule has 0 heterocycles. The van der Waals surface area contributed by atoms with E-state index in [0.29, 0.717) is 0 Å². The highest BCUT2D eigenvalue weighted by Gasteiger charge is 2.20. The van der Waals surface area contributed by atoms with Crippen LogP contribution in [0.3, 0.4) is 0 Å². The smallest absolute Gasteiger partial charge is 0.0782 e. The normalized spacial score (nSPS) is 11.1. The minimum Gasteiger partial charge on any atom is -0.0987 e. The Kier molecular flexibility index (Phi) is 4.00. The molecule has 0 unspecified atom stereocenters. The third-order valence-corrected chi connectivity index (χ3v) is 5.52. The first kappa shape index (κ1) is 12.3. The van der Waals surface area contributed by atoms with Crippen LogP contribution >= 0.6 is 11.8 Å². The predicted molar refractivity (Wildman–Crippen MR) is 73.9 cm³/mol. The molecule has 0 amide bonds. The fourth-order valence-electron chi connectivity index (χ4n) is 1.11. The van der Waals surface area contributed by atoms with Crippen molar-refractivity contribution in [3.63, 3.8) is 0 Å². The van der Waals surface area contributed by atoms with Gasteiger partial charge in [0.25, 0.3) is 0 Å². The molecule has 1 rings (SSSR count). The minimum absolute atomic E-state index is 1.11. The molecule has 0 atom stereocenters. The third-order valence-electron chi connectivity index (χ3n) is 2.23. The highest BCUT2D eigenvalue weighted by molar-refractivity contribution is 8.03. The van der Waals surface area contributed by atoms with Crippen LogP contribution in [0.5, 0.6) is 0 Å². The lowest BCUT2D eigenvalue weighted by molar-refractivity contribution is 1.47. The van der Waals surface area contributed by atoms with E-state index in [1.165, 1.54) is 10.1 Å². The van der Waals surface area contributed by atoms with E-state index in [-0.39, 0.29) is 0 Å². The Bertz CT molecular complexity index is 360. The van der Waals surface area contributed by atoms with Crippen molar-refractivity contribution >= 4 is 19.8 Å². The highest BCUT2D eigenvalue weighted by Crippen LogP contribution is 2.33. The van der Waals surface area contributed by atoms with Crippen LogP contribution in [-0.2, 0) is 0 Å². The molecule has 0 bridgehead atoms. The summed E-state index contributed by atoms with van der Waals surface area (Å²) in [5.74, 6) is 0. The number of rotatable bonds is 4. The van der Waals surface area contributed by atoms with Crippen LogP contribution in [-0.4, -0.2) is 8.07 Å². The van der Waals surface area contributed by atoms with Crippen molar-refractivity contribution in [2.24, 2.45) is 0 Å². The Morgan fingerprint density at radius 1 is 1.07 bits per heavy atom. The van der Waals surface area contributed by atoms with Gasteiger partial charge >= 0.3 is 0 Å². The molecule has 1 aromatic rings. The average Bonchev–Trinajstić information content (AvgIpc) is 2.16. The maximum Gasteiger partial charge on any atom is 0.0782 e. The lowest BCUT2D eigenvalue weighted by Gasteiger charge is -2.21. The van der Waals surface area contributed by atoms with Gasteiger partial charge < -0.3 is 0 Å². The van der Waals surface area contributed by atoms with Gasteiger partial charge in [0, 0.05) is 9.80 Å². The van der Waals surface area contributed by atoms with E-state index in [1.807, 2.05) is 18.2 Å². The molecule has 0 aliphatic heterocycles. The van der Waals surface area contributed by atoms with Crippen molar-refractivity contribution in [1.82, 2.24) is 0 Å². The Morgan fingerprint density at radius 3 is 2.07 bits per heavy atom. The van der Waals surface area contributed by atoms with Crippen molar-refractivity contribution in [1.29, 1.82) is 0 Å². The fourth-order valence-corrected chi connectivity index (χ4v) is 3.72. The molecular weight excluding hydrogens is 216 g/mol. The van der Waals surface area contributed by atoms with Crippen LogP contribution < -0.4 is 0 Å². The van der Waals surface area contributed by atoms with Crippen LogP contribution in [0, 0.1) is 0 Å². The van der Waals surface area contributed by atoms with E-state index in [2.05, 4.69) is 44.9 Å². The summed E-state index contributed by atoms with van der Waals surface area (Å²) in [5, 5.41) is 1.25. The monoisotopic (exact) mass is 234 g/mol. The average molecular weight is 234 g/mol. The summed E-state index contributed by atoms with van der Waals surface area (Å²) in [6.07, 6.45) is 0. The molecule has 0 saturated heterocycles. The Hall–Kier alpha value is -0.733. The van der Waals surface area contributed by atoms with Crippen molar-refractivity contribution in [2.45, 2.75) is 24.5 Å². The van der Waals surface area contributed by atoms with Gasteiger partial charge in [-0.05, 0) is 12.1 Å². The van der Waals surface area contributed by atoms with E-state index in [0.717, 1.165) is 4.91 Å². The van der Waals surface area contributed by atoms with Gasteiger partial charge in [0.2, 0.25) is 0 Å². The van der Waals surface area contributed by atoms with E-state index in [4.69, 9.17) is 0 Å². The van der Waals surface area contributed by atoms with Gasteiger partial charge in [-0.25, -0.2) is 0 Å². The van der Waals surface area contributed by atoms with Gasteiger partial charge in [0.1, 0.15) is 0 Å². The summed E-state index contributed by atoms with van der Waals surface area (Å²) < 4.78 is 0. The predicted octanol–water partition coefficient (Wildman–Crippen LogP) is 4.73. The standard InChI is InChI=1S/C13H18SSi/c1-11(12(2)15(3,4)5)14-13-9-7-6-8-10-13/h6-10H,1-2H2,3-5H3. The van der Waals surface area contributed by atoms with Crippen molar-refractivity contribution in [3.05, 3.63) is 53.6 Å². The van der Waals surface area contributed by atoms with Crippen molar-refractivity contribution in [2.75, 3.05) is 0 Å². The summed E-state index contributed by atoms with van der Waals surface area (Å²) in [6.45, 7) is 15.2. The van der Waals surface area contributed by atoms with Gasteiger partial charge in [0.15, 0.2) is 0 Å². The molecule has 0 nitrogen and oxygen atoms in total. The molecule has 15 heavy (non-hydrogen) atoms. The van der Waals surface area contributed by atoms with Crippen LogP contribution in [0.2, 0.25) is 19.6 Å². The van der Waals surface area contributed by atoms with Gasteiger partial charge in [-0.15, -0.1) is 0 Å². The second kappa shape index (κ2) is 4.86. The number of benzene rings is 1. The van der Waals surface area contributed by atoms with Crippen molar-refractivity contribution < 1.29 is 0 Å². The van der Waals surface area contributed by atoms with Gasteiger partial charge in [-0.1, -0.05) is 68.0 Å². The topological polar surface area (TPSA) is 0 Å². The molecule has 0 N–H and O–H groups in total. The van der Waals surface area contributed by atoms with Gasteiger partial charge in [-0.2, -0.15) is 0 Å². The first-order valence-corrected chi connectivity index (χ1v) is 9.34. The molecular formula is C13H18SSi. The van der Waals surface area contributed by atoms with Crippen molar-refractivity contribution in [3.8, 4) is 0 Å². The summed E-state index contributed by atoms with van der Waals surface area (Å²) in [4.78, 5) is 2.35. The zero-order chi connectivity index (χ0) is 11.5. The molecule has 0 aromatic heterocycles. The lowest BCUT2D eigenvalue weighted by atomic mass is 10.4. The second-order valence-corrected chi connectivity index (χ2v) is 10.8. The molecule has 1 aromatic carbocycles. The summed E-state index contributed by atoms with van der Waals surface area (Å²) in [5.41, 5.74) is 0. The third kappa shape index (κ3) is 3.72. The van der Waals surface area contributed by atoms with Crippen LogP contribution in [0.25, 0.3) is 0 Å². The van der Waals surface area contributed by atoms with E-state index < -0.39 is 8.07 Å². The Balaban J connectivity index is 2.69. The number of thioether (sulfide) groups is 1. The van der Waals surface area contributed by atoms with Gasteiger partial charge in [-0.3, -0.25) is 0 Å². The summed E-state index contributed by atoms with van der Waals surface area (Å²) in [7, 11) is -1.29. The maximum atomic E-state index is 4.16. The molecule has 0 aliphatic carbocycles. The number of hydrogen-bond donors (Lipinski definition) is 0. The van der Waals surface area contributed by atoms with E-state index in [9.17, 15) is 0 Å². The number of allylic oxidation sites excluding steroid dienone is 1. The molecule has 0 fully saturated rings. The van der Waals surface area contributed by atoms with Crippen LogP contribution in [0.1, 0.15) is 0 Å². The molecule has 0 saturated carbocycles. The van der Waals surface area contributed by atoms with Gasteiger partial charge in [0.05, 0.1) is 8.07 Å². The molecule has 80 valence electrons. The lowest BCUT2D eigenvalue weighted by Crippen LogP contribution is -2.23. The van der Waals surface area contributed by atoms with Crippen LogP contribution in [0.4, 0.5) is 0 Å². The fraction of sp³-hybridized carbons (Fsp3) is 0.231. The second-order valence-electron chi connectivity index (χ2n) is 4.57. The first-order chi connectivity index (χ1) is 6.91. The molecule has 0 spiro atoms. The zero-order valence-electron chi connectivity index (χ0n) is 9.71. The molecule has 2 heteroatoms. The SMILES string of the molecule is C=C(Sc1ccccc1)C(=C)[Si](C)(C)C. The highest BCUT2D eigenvalue weighted by atomic mass is 32.2. The van der Waals surface area contributed by atoms with E-state index >= 15 is 0 Å². The maximum absolute atomic E-state index is 4.16. The van der Waals surface area contributed by atoms with Crippen LogP contribution in [0.15, 0.2) is 58.5 Å². The largest absolute Gasteiger partial charge is 0.0987 e.